The Bertz CT molecular complexity index is 1550. The molecule has 0 saturated carbocycles. The third-order valence-electron chi connectivity index (χ3n) is 6.56. The van der Waals surface area contributed by atoms with E-state index in [0.29, 0.717) is 61.5 Å². The molecule has 1 fully saturated rings. The van der Waals surface area contributed by atoms with E-state index in [0.717, 1.165) is 0 Å². The minimum atomic E-state index is -0.400. The molecule has 3 aromatic heterocycles. The number of nitrogens with one attached hydrogen (secondary N) is 2. The molecule has 2 N–H and O–H groups in total. The van der Waals surface area contributed by atoms with Crippen LogP contribution in [0.4, 0.5) is 4.39 Å². The van der Waals surface area contributed by atoms with E-state index in [1.807, 2.05) is 19.9 Å². The first-order valence-corrected chi connectivity index (χ1v) is 12.2. The van der Waals surface area contributed by atoms with E-state index in [-0.39, 0.29) is 34.9 Å². The number of nitrogens with zero attached hydrogens (tertiary/aromatic N) is 5. The fourth-order valence-electron chi connectivity index (χ4n) is 4.94. The lowest BCUT2D eigenvalue weighted by Crippen LogP contribution is -2.40. The monoisotopic (exact) mass is 493 g/mol. The standard InChI is InChI=1S/C25H28FN7O3/c1-3-8-31-23-20(24(35)32(9-4-2)25(31)36)29-22(30-23)17-13-28-33(14-17)21(16-11-19(34)27-12-16)15-6-5-7-18(26)10-15/h5-7,10,13-14,16,21H,3-4,8-9,11-12H2,1-2H3,(H,27,34)(H,29,30). The normalized spacial score (nSPS) is 16.5. The summed E-state index contributed by atoms with van der Waals surface area (Å²) in [5.74, 6) is -0.121. The Hall–Kier alpha value is -4.02. The number of hydrogen-bond donors (Lipinski definition) is 2. The number of aryl methyl sites for hydroxylation is 1. The zero-order valence-electron chi connectivity index (χ0n) is 20.2. The number of rotatable bonds is 8. The van der Waals surface area contributed by atoms with E-state index in [1.54, 1.807) is 23.1 Å². The minimum Gasteiger partial charge on any atom is -0.356 e. The number of H-pyrrole nitrogens is 1. The van der Waals surface area contributed by atoms with Crippen molar-refractivity contribution in [1.29, 1.82) is 0 Å². The topological polar surface area (TPSA) is 120 Å². The van der Waals surface area contributed by atoms with Crippen LogP contribution in [0, 0.1) is 11.7 Å². The summed E-state index contributed by atoms with van der Waals surface area (Å²) in [6.45, 7) is 5.09. The summed E-state index contributed by atoms with van der Waals surface area (Å²) in [5, 5.41) is 7.37. The van der Waals surface area contributed by atoms with Crippen LogP contribution in [0.15, 0.2) is 46.2 Å². The summed E-state index contributed by atoms with van der Waals surface area (Å²) in [4.78, 5) is 45.7. The molecule has 1 aliphatic rings. The molecule has 0 aliphatic carbocycles. The second-order valence-corrected chi connectivity index (χ2v) is 9.15. The van der Waals surface area contributed by atoms with Crippen molar-refractivity contribution in [3.8, 4) is 11.4 Å². The van der Waals surface area contributed by atoms with Crippen LogP contribution in [0.2, 0.25) is 0 Å². The molecule has 5 rings (SSSR count). The number of aromatic nitrogens is 6. The quantitative estimate of drug-likeness (QED) is 0.391. The number of amides is 1. The molecule has 2 atom stereocenters. The molecule has 1 amide bonds. The first-order chi connectivity index (χ1) is 17.4. The highest BCUT2D eigenvalue weighted by atomic mass is 19.1. The molecule has 4 heterocycles. The van der Waals surface area contributed by atoms with Crippen LogP contribution in [0.3, 0.4) is 0 Å². The molecule has 36 heavy (non-hydrogen) atoms. The van der Waals surface area contributed by atoms with Gasteiger partial charge < -0.3 is 10.3 Å². The van der Waals surface area contributed by atoms with Crippen molar-refractivity contribution in [3.05, 3.63) is 68.9 Å². The summed E-state index contributed by atoms with van der Waals surface area (Å²) < 4.78 is 18.5. The van der Waals surface area contributed by atoms with Crippen LogP contribution in [-0.4, -0.2) is 41.3 Å². The Morgan fingerprint density at radius 3 is 2.61 bits per heavy atom. The Kier molecular flexibility index (Phi) is 6.29. The van der Waals surface area contributed by atoms with Crippen molar-refractivity contribution in [2.75, 3.05) is 6.54 Å². The molecule has 0 bridgehead atoms. The Morgan fingerprint density at radius 1 is 1.14 bits per heavy atom. The maximum Gasteiger partial charge on any atom is 0.332 e. The molecule has 0 radical (unpaired) electrons. The number of imidazole rings is 1. The van der Waals surface area contributed by atoms with E-state index in [1.165, 1.54) is 21.3 Å². The zero-order chi connectivity index (χ0) is 25.4. The largest absolute Gasteiger partial charge is 0.356 e. The predicted molar refractivity (Wildman–Crippen MR) is 132 cm³/mol. The average Bonchev–Trinajstić information content (AvgIpc) is 3.60. The van der Waals surface area contributed by atoms with Gasteiger partial charge in [0.25, 0.3) is 5.56 Å². The fourth-order valence-corrected chi connectivity index (χ4v) is 4.94. The first-order valence-electron chi connectivity index (χ1n) is 12.2. The van der Waals surface area contributed by atoms with Gasteiger partial charge in [-0.1, -0.05) is 26.0 Å². The second-order valence-electron chi connectivity index (χ2n) is 9.15. The van der Waals surface area contributed by atoms with Crippen molar-refractivity contribution in [2.24, 2.45) is 5.92 Å². The summed E-state index contributed by atoms with van der Waals surface area (Å²) in [7, 11) is 0. The molecule has 0 spiro atoms. The van der Waals surface area contributed by atoms with Crippen LogP contribution in [0.5, 0.6) is 0 Å². The molecular formula is C25H28FN7O3. The van der Waals surface area contributed by atoms with Gasteiger partial charge >= 0.3 is 5.69 Å². The Balaban J connectivity index is 1.60. The Labute approximate surface area is 205 Å². The van der Waals surface area contributed by atoms with Crippen LogP contribution in [0.25, 0.3) is 22.6 Å². The van der Waals surface area contributed by atoms with E-state index in [2.05, 4.69) is 20.4 Å². The number of benzene rings is 1. The Morgan fingerprint density at radius 2 is 1.92 bits per heavy atom. The SMILES string of the molecule is CCCn1c(=O)c2[nH]c(-c3cnn(C(c4cccc(F)c4)C4CNC(=O)C4)c3)nc2n(CCC)c1=O. The van der Waals surface area contributed by atoms with Crippen LogP contribution < -0.4 is 16.6 Å². The summed E-state index contributed by atoms with van der Waals surface area (Å²) in [6, 6.07) is 5.91. The fraction of sp³-hybridized carbons (Fsp3) is 0.400. The highest BCUT2D eigenvalue weighted by molar-refractivity contribution is 5.78. The van der Waals surface area contributed by atoms with Gasteiger partial charge in [0, 0.05) is 38.2 Å². The number of carbonyl (C=O) groups excluding carboxylic acids is 1. The van der Waals surface area contributed by atoms with Gasteiger partial charge in [-0.15, -0.1) is 0 Å². The van der Waals surface area contributed by atoms with Gasteiger partial charge in [-0.3, -0.25) is 23.4 Å². The van der Waals surface area contributed by atoms with Gasteiger partial charge in [-0.25, -0.2) is 14.2 Å². The van der Waals surface area contributed by atoms with Gasteiger partial charge in [0.1, 0.15) is 17.2 Å². The number of halogens is 1. The van der Waals surface area contributed by atoms with E-state index in [9.17, 15) is 18.8 Å². The molecular weight excluding hydrogens is 465 g/mol. The van der Waals surface area contributed by atoms with Crippen LogP contribution in [0.1, 0.15) is 44.7 Å². The minimum absolute atomic E-state index is 0.0525. The highest BCUT2D eigenvalue weighted by Gasteiger charge is 2.33. The van der Waals surface area contributed by atoms with Crippen LogP contribution >= 0.6 is 0 Å². The highest BCUT2D eigenvalue weighted by Crippen LogP contribution is 2.32. The molecule has 188 valence electrons. The third kappa shape index (κ3) is 4.14. The lowest BCUT2D eigenvalue weighted by Gasteiger charge is -2.23. The summed E-state index contributed by atoms with van der Waals surface area (Å²) in [5.41, 5.74) is 1.13. The lowest BCUT2D eigenvalue weighted by molar-refractivity contribution is -0.119. The average molecular weight is 494 g/mol. The van der Waals surface area contributed by atoms with E-state index >= 15 is 0 Å². The van der Waals surface area contributed by atoms with Crippen molar-refractivity contribution >= 4 is 17.1 Å². The molecule has 10 nitrogen and oxygen atoms in total. The van der Waals surface area contributed by atoms with E-state index < -0.39 is 5.56 Å². The number of carbonyl (C=O) groups is 1. The van der Waals surface area contributed by atoms with Gasteiger partial charge in [0.15, 0.2) is 5.65 Å². The van der Waals surface area contributed by atoms with Gasteiger partial charge in [-0.2, -0.15) is 5.10 Å². The van der Waals surface area contributed by atoms with Gasteiger partial charge in [-0.05, 0) is 30.5 Å². The maximum absolute atomic E-state index is 14.1. The maximum atomic E-state index is 14.1. The predicted octanol–water partition coefficient (Wildman–Crippen LogP) is 2.43. The number of hydrogen-bond acceptors (Lipinski definition) is 5. The smallest absolute Gasteiger partial charge is 0.332 e. The van der Waals surface area contributed by atoms with Crippen LogP contribution in [-0.2, 0) is 17.9 Å². The van der Waals surface area contributed by atoms with Crippen molar-refractivity contribution < 1.29 is 9.18 Å². The van der Waals surface area contributed by atoms with Crippen molar-refractivity contribution in [2.45, 2.75) is 52.2 Å². The molecule has 1 aromatic carbocycles. The third-order valence-corrected chi connectivity index (χ3v) is 6.56. The number of aromatic amines is 1. The zero-order valence-corrected chi connectivity index (χ0v) is 20.2. The molecule has 1 aliphatic heterocycles. The molecule has 11 heteroatoms. The van der Waals surface area contributed by atoms with Gasteiger partial charge in [0.05, 0.1) is 17.8 Å². The molecule has 2 unspecified atom stereocenters. The number of fused-ring (bicyclic) bond motifs is 1. The lowest BCUT2D eigenvalue weighted by atomic mass is 9.92. The first kappa shape index (κ1) is 23.7. The summed E-state index contributed by atoms with van der Waals surface area (Å²) in [6.07, 6.45) is 5.05. The van der Waals surface area contributed by atoms with Crippen molar-refractivity contribution in [3.63, 3.8) is 0 Å². The van der Waals surface area contributed by atoms with Gasteiger partial charge in [0.2, 0.25) is 5.91 Å². The molecule has 4 aromatic rings. The second kappa shape index (κ2) is 9.56. The van der Waals surface area contributed by atoms with E-state index in [4.69, 9.17) is 0 Å². The van der Waals surface area contributed by atoms with Crippen molar-refractivity contribution in [1.82, 2.24) is 34.2 Å². The molecule has 1 saturated heterocycles. The summed E-state index contributed by atoms with van der Waals surface area (Å²) >= 11 is 0.